The maximum absolute atomic E-state index is 12.8. The molecule has 0 spiro atoms. The van der Waals surface area contributed by atoms with Gasteiger partial charge in [0.25, 0.3) is 11.8 Å². The fraction of sp³-hybridized carbons (Fsp3) is 0.227. The number of rotatable bonds is 7. The van der Waals surface area contributed by atoms with Crippen molar-refractivity contribution in [2.75, 3.05) is 25.1 Å². The Balaban J connectivity index is 1.71. The highest BCUT2D eigenvalue weighted by atomic mass is 32.2. The molecule has 30 heavy (non-hydrogen) atoms. The fourth-order valence-electron chi connectivity index (χ4n) is 2.99. The predicted octanol–water partition coefficient (Wildman–Crippen LogP) is 4.09. The van der Waals surface area contributed by atoms with Gasteiger partial charge in [-0.3, -0.25) is 15.0 Å². The van der Waals surface area contributed by atoms with Gasteiger partial charge in [0, 0.05) is 24.3 Å². The molecule has 0 aliphatic carbocycles. The Labute approximate surface area is 185 Å². The molecule has 2 aromatic carbocycles. The van der Waals surface area contributed by atoms with E-state index in [4.69, 9.17) is 17.0 Å². The molecule has 0 aromatic heterocycles. The number of anilines is 1. The Kier molecular flexibility index (Phi) is 7.12. The average Bonchev–Trinajstić information content (AvgIpc) is 3.03. The fourth-order valence-corrected chi connectivity index (χ4v) is 4.17. The molecule has 1 aliphatic rings. The largest absolute Gasteiger partial charge is 0.497 e. The van der Waals surface area contributed by atoms with Crippen LogP contribution in [0.5, 0.6) is 5.75 Å². The minimum absolute atomic E-state index is 0.285. The Morgan fingerprint density at radius 1 is 1.13 bits per heavy atom. The molecule has 1 N–H and O–H groups in total. The molecule has 1 fully saturated rings. The number of hydrogen-bond donors (Lipinski definition) is 1. The summed E-state index contributed by atoms with van der Waals surface area (Å²) >= 11 is 6.45. The van der Waals surface area contributed by atoms with Gasteiger partial charge in [-0.05, 0) is 74.1 Å². The Morgan fingerprint density at radius 3 is 2.33 bits per heavy atom. The van der Waals surface area contributed by atoms with E-state index in [1.807, 2.05) is 24.3 Å². The molecular weight excluding hydrogens is 418 g/mol. The highest BCUT2D eigenvalue weighted by Crippen LogP contribution is 2.32. The summed E-state index contributed by atoms with van der Waals surface area (Å²) in [6.45, 7) is 6.09. The lowest BCUT2D eigenvalue weighted by Crippen LogP contribution is -2.44. The first-order valence-corrected chi connectivity index (χ1v) is 10.8. The van der Waals surface area contributed by atoms with Crippen LogP contribution in [0.1, 0.15) is 29.8 Å². The normalized spacial score (nSPS) is 14.9. The molecule has 0 atom stereocenters. The first-order valence-electron chi connectivity index (χ1n) is 9.54. The van der Waals surface area contributed by atoms with E-state index in [-0.39, 0.29) is 10.2 Å². The second-order valence-corrected chi connectivity index (χ2v) is 8.13. The molecule has 2 amide bonds. The SMILES string of the molecule is CCN(CC)c1ccc(C=C2SC(=S)N(NC(=O)c3ccc(OC)cc3)C2=O)cc1. The second kappa shape index (κ2) is 9.77. The minimum atomic E-state index is -0.418. The first kappa shape index (κ1) is 21.9. The molecule has 1 heterocycles. The third-order valence-electron chi connectivity index (χ3n) is 4.68. The maximum atomic E-state index is 12.8. The van der Waals surface area contributed by atoms with Crippen LogP contribution in [0.4, 0.5) is 5.69 Å². The third kappa shape index (κ3) is 4.83. The zero-order chi connectivity index (χ0) is 21.7. The minimum Gasteiger partial charge on any atom is -0.497 e. The van der Waals surface area contributed by atoms with Crippen molar-refractivity contribution in [3.63, 3.8) is 0 Å². The highest BCUT2D eigenvalue weighted by molar-refractivity contribution is 8.26. The lowest BCUT2D eigenvalue weighted by Gasteiger charge is -2.20. The molecule has 8 heteroatoms. The van der Waals surface area contributed by atoms with Crippen LogP contribution >= 0.6 is 24.0 Å². The van der Waals surface area contributed by atoms with Crippen LogP contribution in [0.2, 0.25) is 0 Å². The molecule has 3 rings (SSSR count). The summed E-state index contributed by atoms with van der Waals surface area (Å²) in [5, 5.41) is 1.11. The number of hydrogen-bond acceptors (Lipinski definition) is 6. The van der Waals surface area contributed by atoms with Gasteiger partial charge in [0.15, 0.2) is 4.32 Å². The van der Waals surface area contributed by atoms with Gasteiger partial charge in [-0.1, -0.05) is 23.9 Å². The van der Waals surface area contributed by atoms with Crippen molar-refractivity contribution >= 4 is 51.9 Å². The van der Waals surface area contributed by atoms with Crippen molar-refractivity contribution in [2.24, 2.45) is 0 Å². The number of hydrazine groups is 1. The van der Waals surface area contributed by atoms with E-state index < -0.39 is 5.91 Å². The van der Waals surface area contributed by atoms with Crippen LogP contribution < -0.4 is 15.1 Å². The molecule has 0 radical (unpaired) electrons. The molecule has 6 nitrogen and oxygen atoms in total. The molecule has 1 aliphatic heterocycles. The number of amides is 2. The molecule has 0 saturated carbocycles. The van der Waals surface area contributed by atoms with E-state index in [0.717, 1.165) is 41.1 Å². The van der Waals surface area contributed by atoms with Gasteiger partial charge >= 0.3 is 0 Å². The average molecular weight is 442 g/mol. The molecule has 156 valence electrons. The van der Waals surface area contributed by atoms with Crippen LogP contribution in [-0.4, -0.2) is 41.3 Å². The van der Waals surface area contributed by atoms with E-state index in [9.17, 15) is 9.59 Å². The molecule has 2 aromatic rings. The quantitative estimate of drug-likeness (QED) is 0.516. The number of nitrogens with zero attached hydrogens (tertiary/aromatic N) is 2. The second-order valence-electron chi connectivity index (χ2n) is 6.45. The molecule has 1 saturated heterocycles. The molecule has 0 bridgehead atoms. The summed E-state index contributed by atoms with van der Waals surface area (Å²) in [5.74, 6) is -0.120. The van der Waals surface area contributed by atoms with Crippen molar-refractivity contribution in [3.8, 4) is 5.75 Å². The smallest absolute Gasteiger partial charge is 0.285 e. The standard InChI is InChI=1S/C22H23N3O3S2/c1-4-24(5-2)17-10-6-15(7-11-17)14-19-21(27)25(22(29)30-19)23-20(26)16-8-12-18(28-3)13-9-16/h6-14H,4-5H2,1-3H3,(H,23,26). The van der Waals surface area contributed by atoms with Crippen molar-refractivity contribution in [1.29, 1.82) is 0 Å². The predicted molar refractivity (Wildman–Crippen MR) is 125 cm³/mol. The number of nitrogens with one attached hydrogen (secondary N) is 1. The van der Waals surface area contributed by atoms with Crippen LogP contribution in [0.15, 0.2) is 53.4 Å². The number of carbonyl (C=O) groups is 2. The summed E-state index contributed by atoms with van der Waals surface area (Å²) in [6.07, 6.45) is 1.78. The van der Waals surface area contributed by atoms with Gasteiger partial charge in [0.1, 0.15) is 5.75 Å². The van der Waals surface area contributed by atoms with Gasteiger partial charge in [-0.25, -0.2) is 0 Å². The van der Waals surface area contributed by atoms with Crippen LogP contribution in [0.3, 0.4) is 0 Å². The molecule has 0 unspecified atom stereocenters. The summed E-state index contributed by atoms with van der Waals surface area (Å²) < 4.78 is 5.37. The lowest BCUT2D eigenvalue weighted by atomic mass is 10.1. The number of methoxy groups -OCH3 is 1. The monoisotopic (exact) mass is 441 g/mol. The highest BCUT2D eigenvalue weighted by Gasteiger charge is 2.33. The van der Waals surface area contributed by atoms with Crippen LogP contribution in [0.25, 0.3) is 6.08 Å². The van der Waals surface area contributed by atoms with Gasteiger partial charge < -0.3 is 9.64 Å². The van der Waals surface area contributed by atoms with Crippen molar-refractivity contribution in [3.05, 3.63) is 64.6 Å². The Morgan fingerprint density at radius 2 is 1.77 bits per heavy atom. The number of ether oxygens (including phenoxy) is 1. The molecular formula is C22H23N3O3S2. The zero-order valence-corrected chi connectivity index (χ0v) is 18.7. The number of thioether (sulfide) groups is 1. The Hall–Kier alpha value is -2.84. The van der Waals surface area contributed by atoms with E-state index in [1.54, 1.807) is 37.5 Å². The zero-order valence-electron chi connectivity index (χ0n) is 17.0. The summed E-state index contributed by atoms with van der Waals surface area (Å²) in [5.41, 5.74) is 5.02. The Bertz CT molecular complexity index is 968. The van der Waals surface area contributed by atoms with Crippen molar-refractivity contribution < 1.29 is 14.3 Å². The van der Waals surface area contributed by atoms with Crippen molar-refractivity contribution in [2.45, 2.75) is 13.8 Å². The maximum Gasteiger partial charge on any atom is 0.285 e. The third-order valence-corrected chi connectivity index (χ3v) is 5.98. The topological polar surface area (TPSA) is 61.9 Å². The lowest BCUT2D eigenvalue weighted by molar-refractivity contribution is -0.123. The summed E-state index contributed by atoms with van der Waals surface area (Å²) in [6, 6.07) is 14.6. The van der Waals surface area contributed by atoms with E-state index >= 15 is 0 Å². The van der Waals surface area contributed by atoms with Gasteiger partial charge in [-0.2, -0.15) is 5.01 Å². The van der Waals surface area contributed by atoms with Gasteiger partial charge in [-0.15, -0.1) is 0 Å². The number of benzene rings is 2. The number of thiocarbonyl (C=S) groups is 1. The van der Waals surface area contributed by atoms with Crippen LogP contribution in [-0.2, 0) is 4.79 Å². The number of carbonyl (C=O) groups excluding carboxylic acids is 2. The van der Waals surface area contributed by atoms with E-state index in [0.29, 0.717) is 16.2 Å². The van der Waals surface area contributed by atoms with Gasteiger partial charge in [0.2, 0.25) is 0 Å². The first-order chi connectivity index (χ1) is 14.5. The van der Waals surface area contributed by atoms with Crippen molar-refractivity contribution in [1.82, 2.24) is 10.4 Å². The van der Waals surface area contributed by atoms with Gasteiger partial charge in [0.05, 0.1) is 12.0 Å². The van der Waals surface area contributed by atoms with E-state index in [1.165, 1.54) is 0 Å². The van der Waals surface area contributed by atoms with Crippen LogP contribution in [0, 0.1) is 0 Å². The summed E-state index contributed by atoms with van der Waals surface area (Å²) in [7, 11) is 1.55. The van der Waals surface area contributed by atoms with E-state index in [2.05, 4.69) is 24.2 Å². The summed E-state index contributed by atoms with van der Waals surface area (Å²) in [4.78, 5) is 27.9.